The van der Waals surface area contributed by atoms with E-state index in [1.807, 2.05) is 35.2 Å². The van der Waals surface area contributed by atoms with Crippen LogP contribution >= 0.6 is 0 Å². The Hall–Kier alpha value is -1.92. The van der Waals surface area contributed by atoms with E-state index in [0.717, 1.165) is 12.0 Å². The Morgan fingerprint density at radius 1 is 1.30 bits per heavy atom. The number of urea groups is 1. The van der Waals surface area contributed by atoms with Gasteiger partial charge in [-0.05, 0) is 25.5 Å². The number of nitrogens with one attached hydrogen (secondary N) is 1. The molecule has 0 saturated heterocycles. The smallest absolute Gasteiger partial charge is 0.318 e. The SMILES string of the molecule is CC(C(=O)NC(N)=O)N(CCCN)Cc1ccccc1. The van der Waals surface area contributed by atoms with E-state index in [2.05, 4.69) is 5.32 Å². The van der Waals surface area contributed by atoms with Crippen molar-refractivity contribution in [3.05, 3.63) is 35.9 Å². The van der Waals surface area contributed by atoms with Crippen molar-refractivity contribution in [3.63, 3.8) is 0 Å². The highest BCUT2D eigenvalue weighted by atomic mass is 16.2. The van der Waals surface area contributed by atoms with E-state index in [4.69, 9.17) is 11.5 Å². The third-order valence-corrected chi connectivity index (χ3v) is 3.05. The molecule has 3 amide bonds. The van der Waals surface area contributed by atoms with Gasteiger partial charge in [-0.2, -0.15) is 0 Å². The standard InChI is InChI=1S/C14H22N4O2/c1-11(13(19)17-14(16)20)18(9-5-8-15)10-12-6-3-2-4-7-12/h2-4,6-7,11H,5,8-10,15H2,1H3,(H3,16,17,19,20). The number of imide groups is 1. The molecule has 6 nitrogen and oxygen atoms in total. The van der Waals surface area contributed by atoms with Crippen molar-refractivity contribution in [1.82, 2.24) is 10.2 Å². The molecule has 0 saturated carbocycles. The van der Waals surface area contributed by atoms with Crippen LogP contribution < -0.4 is 16.8 Å². The lowest BCUT2D eigenvalue weighted by Crippen LogP contribution is -2.48. The number of amides is 3. The summed E-state index contributed by atoms with van der Waals surface area (Å²) in [5.74, 6) is -0.398. The highest BCUT2D eigenvalue weighted by Gasteiger charge is 2.21. The quantitative estimate of drug-likeness (QED) is 0.672. The van der Waals surface area contributed by atoms with Crippen LogP contribution in [-0.2, 0) is 11.3 Å². The molecule has 5 N–H and O–H groups in total. The average molecular weight is 278 g/mol. The fourth-order valence-electron chi connectivity index (χ4n) is 1.91. The van der Waals surface area contributed by atoms with Crippen LogP contribution in [0.5, 0.6) is 0 Å². The summed E-state index contributed by atoms with van der Waals surface area (Å²) in [6.07, 6.45) is 0.779. The van der Waals surface area contributed by atoms with Crippen LogP contribution in [0.4, 0.5) is 4.79 Å². The second-order valence-corrected chi connectivity index (χ2v) is 4.63. The fraction of sp³-hybridized carbons (Fsp3) is 0.429. The lowest BCUT2D eigenvalue weighted by atomic mass is 10.1. The molecule has 0 aliphatic rings. The van der Waals surface area contributed by atoms with Crippen LogP contribution in [0.15, 0.2) is 30.3 Å². The molecule has 0 aliphatic heterocycles. The predicted octanol–water partition coefficient (Wildman–Crippen LogP) is 0.421. The van der Waals surface area contributed by atoms with Crippen molar-refractivity contribution in [2.45, 2.75) is 25.9 Å². The highest BCUT2D eigenvalue weighted by molar-refractivity contribution is 5.96. The second kappa shape index (κ2) is 8.29. The van der Waals surface area contributed by atoms with E-state index in [9.17, 15) is 9.59 Å². The van der Waals surface area contributed by atoms with Crippen molar-refractivity contribution in [2.24, 2.45) is 11.5 Å². The molecule has 0 heterocycles. The Bertz CT molecular complexity index is 436. The molecule has 0 aromatic heterocycles. The summed E-state index contributed by atoms with van der Waals surface area (Å²) >= 11 is 0. The maximum atomic E-state index is 11.9. The Morgan fingerprint density at radius 2 is 1.95 bits per heavy atom. The maximum absolute atomic E-state index is 11.9. The predicted molar refractivity (Wildman–Crippen MR) is 77.7 cm³/mol. The van der Waals surface area contributed by atoms with Gasteiger partial charge >= 0.3 is 6.03 Å². The average Bonchev–Trinajstić information content (AvgIpc) is 2.43. The van der Waals surface area contributed by atoms with Crippen molar-refractivity contribution in [1.29, 1.82) is 0 Å². The van der Waals surface area contributed by atoms with E-state index in [-0.39, 0.29) is 0 Å². The Balaban J connectivity index is 2.72. The molecule has 1 atom stereocenters. The van der Waals surface area contributed by atoms with Crippen LogP contribution in [0.25, 0.3) is 0 Å². The van der Waals surface area contributed by atoms with Crippen LogP contribution in [0.3, 0.4) is 0 Å². The molecule has 0 bridgehead atoms. The van der Waals surface area contributed by atoms with Gasteiger partial charge < -0.3 is 11.5 Å². The summed E-state index contributed by atoms with van der Waals surface area (Å²) in [5, 5.41) is 2.11. The third kappa shape index (κ3) is 5.38. The minimum atomic E-state index is -0.833. The number of carbonyl (C=O) groups is 2. The Kier molecular flexibility index (Phi) is 6.69. The zero-order valence-corrected chi connectivity index (χ0v) is 11.7. The summed E-state index contributed by atoms with van der Waals surface area (Å²) < 4.78 is 0. The van der Waals surface area contributed by atoms with Crippen LogP contribution in [-0.4, -0.2) is 36.0 Å². The van der Waals surface area contributed by atoms with Crippen molar-refractivity contribution >= 4 is 11.9 Å². The van der Waals surface area contributed by atoms with Crippen LogP contribution in [0, 0.1) is 0 Å². The van der Waals surface area contributed by atoms with Gasteiger partial charge in [-0.25, -0.2) is 4.79 Å². The highest BCUT2D eigenvalue weighted by Crippen LogP contribution is 2.09. The molecule has 110 valence electrons. The van der Waals surface area contributed by atoms with Crippen molar-refractivity contribution in [3.8, 4) is 0 Å². The van der Waals surface area contributed by atoms with Gasteiger partial charge in [-0.15, -0.1) is 0 Å². The molecule has 1 aromatic carbocycles. The minimum Gasteiger partial charge on any atom is -0.351 e. The van der Waals surface area contributed by atoms with Crippen LogP contribution in [0.2, 0.25) is 0 Å². The molecule has 6 heteroatoms. The number of benzene rings is 1. The number of primary amides is 1. The van der Waals surface area contributed by atoms with Crippen LogP contribution in [0.1, 0.15) is 18.9 Å². The molecular weight excluding hydrogens is 256 g/mol. The van der Waals surface area contributed by atoms with Gasteiger partial charge in [-0.1, -0.05) is 30.3 Å². The fourth-order valence-corrected chi connectivity index (χ4v) is 1.91. The van der Waals surface area contributed by atoms with E-state index in [1.165, 1.54) is 0 Å². The van der Waals surface area contributed by atoms with E-state index in [1.54, 1.807) is 6.92 Å². The molecule has 0 fully saturated rings. The summed E-state index contributed by atoms with van der Waals surface area (Å²) in [6, 6.07) is 8.55. The number of nitrogens with zero attached hydrogens (tertiary/aromatic N) is 1. The monoisotopic (exact) mass is 278 g/mol. The van der Waals surface area contributed by atoms with Gasteiger partial charge in [0.05, 0.1) is 6.04 Å². The first-order chi connectivity index (χ1) is 9.54. The summed E-state index contributed by atoms with van der Waals surface area (Å²) in [6.45, 7) is 3.60. The third-order valence-electron chi connectivity index (χ3n) is 3.05. The normalized spacial score (nSPS) is 12.2. The van der Waals surface area contributed by atoms with Gasteiger partial charge in [0.25, 0.3) is 0 Å². The summed E-state index contributed by atoms with van der Waals surface area (Å²) in [7, 11) is 0. The van der Waals surface area contributed by atoms with Gasteiger partial charge in [0.15, 0.2) is 0 Å². The lowest BCUT2D eigenvalue weighted by Gasteiger charge is -2.27. The Morgan fingerprint density at radius 3 is 2.50 bits per heavy atom. The maximum Gasteiger partial charge on any atom is 0.318 e. The lowest BCUT2D eigenvalue weighted by molar-refractivity contribution is -0.124. The first-order valence-electron chi connectivity index (χ1n) is 6.63. The number of nitrogens with two attached hydrogens (primary N) is 2. The zero-order valence-electron chi connectivity index (χ0n) is 11.7. The van der Waals surface area contributed by atoms with Gasteiger partial charge in [-0.3, -0.25) is 15.0 Å². The topological polar surface area (TPSA) is 101 Å². The van der Waals surface area contributed by atoms with Gasteiger partial charge in [0.2, 0.25) is 5.91 Å². The zero-order chi connectivity index (χ0) is 15.0. The van der Waals surface area contributed by atoms with Crippen molar-refractivity contribution in [2.75, 3.05) is 13.1 Å². The summed E-state index contributed by atoms with van der Waals surface area (Å²) in [5.41, 5.74) is 11.6. The van der Waals surface area contributed by atoms with Crippen molar-refractivity contribution < 1.29 is 9.59 Å². The molecule has 0 aliphatic carbocycles. The summed E-state index contributed by atoms with van der Waals surface area (Å²) in [4.78, 5) is 24.6. The molecular formula is C14H22N4O2. The number of hydrogen-bond acceptors (Lipinski definition) is 4. The molecule has 1 unspecified atom stereocenters. The van der Waals surface area contributed by atoms with E-state index < -0.39 is 18.0 Å². The minimum absolute atomic E-state index is 0.398. The molecule has 0 spiro atoms. The molecule has 0 radical (unpaired) electrons. The number of carbonyl (C=O) groups excluding carboxylic acids is 2. The first kappa shape index (κ1) is 16.1. The van der Waals surface area contributed by atoms with Gasteiger partial charge in [0, 0.05) is 13.1 Å². The van der Waals surface area contributed by atoms with E-state index >= 15 is 0 Å². The largest absolute Gasteiger partial charge is 0.351 e. The second-order valence-electron chi connectivity index (χ2n) is 4.63. The Labute approximate surface area is 119 Å². The van der Waals surface area contributed by atoms with E-state index in [0.29, 0.717) is 19.6 Å². The number of rotatable bonds is 7. The molecule has 20 heavy (non-hydrogen) atoms. The molecule has 1 aromatic rings. The number of hydrogen-bond donors (Lipinski definition) is 3. The molecule has 1 rings (SSSR count). The van der Waals surface area contributed by atoms with Gasteiger partial charge in [0.1, 0.15) is 0 Å². The first-order valence-corrected chi connectivity index (χ1v) is 6.63.